The Balaban J connectivity index is 2.63. The Labute approximate surface area is 105 Å². The molecular formula is C11H15ClN2O3. The number of ether oxygens (including phenoxy) is 1. The lowest BCUT2D eigenvalue weighted by molar-refractivity contribution is -0.384. The van der Waals surface area contributed by atoms with E-state index in [-0.39, 0.29) is 5.69 Å². The molecule has 1 rings (SSSR count). The van der Waals surface area contributed by atoms with E-state index in [2.05, 4.69) is 5.32 Å². The van der Waals surface area contributed by atoms with Crippen LogP contribution < -0.4 is 5.32 Å². The maximum atomic E-state index is 10.5. The summed E-state index contributed by atoms with van der Waals surface area (Å²) in [5.41, 5.74) is 0.686. The highest BCUT2D eigenvalue weighted by atomic mass is 35.5. The van der Waals surface area contributed by atoms with Crippen molar-refractivity contribution in [2.45, 2.75) is 6.92 Å². The van der Waals surface area contributed by atoms with Crippen molar-refractivity contribution < 1.29 is 9.66 Å². The molecule has 0 saturated heterocycles. The first-order valence-electron chi connectivity index (χ1n) is 5.21. The lowest BCUT2D eigenvalue weighted by atomic mass is 10.2. The monoisotopic (exact) mass is 258 g/mol. The van der Waals surface area contributed by atoms with Crippen LogP contribution in [0.25, 0.3) is 0 Å². The molecule has 1 unspecified atom stereocenters. The van der Waals surface area contributed by atoms with Crippen molar-refractivity contribution in [3.05, 3.63) is 33.3 Å². The first-order valence-corrected chi connectivity index (χ1v) is 5.59. The minimum Gasteiger partial charge on any atom is -0.384 e. The summed E-state index contributed by atoms with van der Waals surface area (Å²) in [7, 11) is 1.65. The van der Waals surface area contributed by atoms with Crippen LogP contribution in [0.15, 0.2) is 18.2 Å². The molecule has 1 aromatic rings. The van der Waals surface area contributed by atoms with Crippen LogP contribution in [-0.2, 0) is 4.74 Å². The fourth-order valence-corrected chi connectivity index (χ4v) is 1.63. The van der Waals surface area contributed by atoms with E-state index >= 15 is 0 Å². The lowest BCUT2D eigenvalue weighted by Crippen LogP contribution is -2.15. The molecule has 0 bridgehead atoms. The zero-order valence-electron chi connectivity index (χ0n) is 9.77. The Bertz CT molecular complexity index is 398. The van der Waals surface area contributed by atoms with Gasteiger partial charge in [0, 0.05) is 25.8 Å². The van der Waals surface area contributed by atoms with Crippen molar-refractivity contribution in [1.29, 1.82) is 0 Å². The van der Waals surface area contributed by atoms with Gasteiger partial charge < -0.3 is 10.1 Å². The Morgan fingerprint density at radius 3 is 2.82 bits per heavy atom. The number of nitrogens with one attached hydrogen (secondary N) is 1. The second-order valence-electron chi connectivity index (χ2n) is 3.86. The van der Waals surface area contributed by atoms with Crippen molar-refractivity contribution >= 4 is 23.0 Å². The number of halogens is 1. The molecule has 0 heterocycles. The molecule has 0 radical (unpaired) electrons. The molecule has 0 aromatic heterocycles. The zero-order valence-corrected chi connectivity index (χ0v) is 10.5. The minimum atomic E-state index is -0.469. The minimum absolute atomic E-state index is 0.00881. The average Bonchev–Trinajstić information content (AvgIpc) is 2.27. The van der Waals surface area contributed by atoms with Gasteiger partial charge in [-0.25, -0.2) is 0 Å². The van der Waals surface area contributed by atoms with Gasteiger partial charge in [-0.1, -0.05) is 18.5 Å². The smallest absolute Gasteiger partial charge is 0.271 e. The molecule has 1 N–H and O–H groups in total. The Hall–Kier alpha value is -1.33. The molecule has 94 valence electrons. The van der Waals surface area contributed by atoms with E-state index in [1.165, 1.54) is 12.1 Å². The topological polar surface area (TPSA) is 64.4 Å². The number of nitro groups is 1. The van der Waals surface area contributed by atoms with Gasteiger partial charge in [0.1, 0.15) is 0 Å². The maximum Gasteiger partial charge on any atom is 0.271 e. The summed E-state index contributed by atoms with van der Waals surface area (Å²) in [6, 6.07) is 4.38. The number of anilines is 1. The first kappa shape index (κ1) is 13.7. The molecule has 0 fully saturated rings. The van der Waals surface area contributed by atoms with Crippen LogP contribution in [0.3, 0.4) is 0 Å². The summed E-state index contributed by atoms with van der Waals surface area (Å²) in [6.45, 7) is 3.39. The third-order valence-electron chi connectivity index (χ3n) is 2.26. The third-order valence-corrected chi connectivity index (χ3v) is 2.57. The highest BCUT2D eigenvalue weighted by Gasteiger charge is 2.09. The van der Waals surface area contributed by atoms with Gasteiger partial charge in [0.05, 0.1) is 22.2 Å². The van der Waals surface area contributed by atoms with Gasteiger partial charge in [0.15, 0.2) is 0 Å². The second kappa shape index (κ2) is 6.42. The quantitative estimate of drug-likeness (QED) is 0.629. The van der Waals surface area contributed by atoms with Crippen molar-refractivity contribution in [3.63, 3.8) is 0 Å². The Morgan fingerprint density at radius 2 is 2.29 bits per heavy atom. The van der Waals surface area contributed by atoms with E-state index in [4.69, 9.17) is 16.3 Å². The van der Waals surface area contributed by atoms with Gasteiger partial charge >= 0.3 is 0 Å². The molecule has 0 spiro atoms. The summed E-state index contributed by atoms with van der Waals surface area (Å²) in [6.07, 6.45) is 0. The Kier molecular flexibility index (Phi) is 5.18. The highest BCUT2D eigenvalue weighted by molar-refractivity contribution is 6.33. The van der Waals surface area contributed by atoms with Crippen molar-refractivity contribution in [1.82, 2.24) is 0 Å². The molecule has 5 nitrogen and oxygen atoms in total. The van der Waals surface area contributed by atoms with Crippen LogP contribution in [0.1, 0.15) is 6.92 Å². The van der Waals surface area contributed by atoms with Crippen LogP contribution in [0.4, 0.5) is 11.4 Å². The number of rotatable bonds is 6. The fourth-order valence-electron chi connectivity index (χ4n) is 1.39. The van der Waals surface area contributed by atoms with Crippen LogP contribution in [-0.4, -0.2) is 25.2 Å². The van der Waals surface area contributed by atoms with Crippen molar-refractivity contribution in [2.24, 2.45) is 5.92 Å². The summed E-state index contributed by atoms with van der Waals surface area (Å²) in [5.74, 6) is 0.339. The van der Waals surface area contributed by atoms with E-state index in [0.717, 1.165) is 0 Å². The van der Waals surface area contributed by atoms with Crippen molar-refractivity contribution in [2.75, 3.05) is 25.6 Å². The normalized spacial score (nSPS) is 12.2. The molecule has 17 heavy (non-hydrogen) atoms. The third kappa shape index (κ3) is 4.20. The SMILES string of the molecule is COCC(C)CNc1ccc([N+](=O)[O-])cc1Cl. The van der Waals surface area contributed by atoms with E-state index < -0.39 is 4.92 Å². The van der Waals surface area contributed by atoms with Gasteiger partial charge in [0.25, 0.3) is 5.69 Å². The number of hydrogen-bond acceptors (Lipinski definition) is 4. The van der Waals surface area contributed by atoms with Gasteiger partial charge in [-0.15, -0.1) is 0 Å². The summed E-state index contributed by atoms with van der Waals surface area (Å²) in [5, 5.41) is 14.0. The Morgan fingerprint density at radius 1 is 1.59 bits per heavy atom. The second-order valence-corrected chi connectivity index (χ2v) is 4.27. The molecule has 0 saturated carbocycles. The van der Waals surface area contributed by atoms with Gasteiger partial charge in [-0.3, -0.25) is 10.1 Å². The zero-order chi connectivity index (χ0) is 12.8. The van der Waals surface area contributed by atoms with E-state index in [0.29, 0.717) is 29.8 Å². The number of hydrogen-bond donors (Lipinski definition) is 1. The molecule has 0 aliphatic rings. The molecule has 0 aliphatic carbocycles. The number of nitrogens with zero attached hydrogens (tertiary/aromatic N) is 1. The first-order chi connectivity index (χ1) is 8.04. The predicted molar refractivity (Wildman–Crippen MR) is 67.6 cm³/mol. The summed E-state index contributed by atoms with van der Waals surface area (Å²) >= 11 is 5.94. The maximum absolute atomic E-state index is 10.5. The number of nitro benzene ring substituents is 1. The van der Waals surface area contributed by atoms with Gasteiger partial charge in [0.2, 0.25) is 0 Å². The standard InChI is InChI=1S/C11H15ClN2O3/c1-8(7-17-2)6-13-11-4-3-9(14(15)16)5-10(11)12/h3-5,8,13H,6-7H2,1-2H3. The van der Waals surface area contributed by atoms with Crippen LogP contribution in [0.2, 0.25) is 5.02 Å². The largest absolute Gasteiger partial charge is 0.384 e. The predicted octanol–water partition coefficient (Wildman–Crippen LogP) is 2.94. The van der Waals surface area contributed by atoms with Crippen LogP contribution in [0.5, 0.6) is 0 Å². The van der Waals surface area contributed by atoms with E-state index in [9.17, 15) is 10.1 Å². The highest BCUT2D eigenvalue weighted by Crippen LogP contribution is 2.26. The van der Waals surface area contributed by atoms with Gasteiger partial charge in [-0.05, 0) is 12.0 Å². The number of non-ortho nitro benzene ring substituents is 1. The molecule has 1 aromatic carbocycles. The average molecular weight is 259 g/mol. The molecule has 0 amide bonds. The lowest BCUT2D eigenvalue weighted by Gasteiger charge is -2.13. The fraction of sp³-hybridized carbons (Fsp3) is 0.455. The van der Waals surface area contributed by atoms with Crippen molar-refractivity contribution in [3.8, 4) is 0 Å². The molecule has 6 heteroatoms. The van der Waals surface area contributed by atoms with E-state index in [1.54, 1.807) is 13.2 Å². The molecule has 1 atom stereocenters. The van der Waals surface area contributed by atoms with Crippen LogP contribution in [0, 0.1) is 16.0 Å². The van der Waals surface area contributed by atoms with Crippen LogP contribution >= 0.6 is 11.6 Å². The molecular weight excluding hydrogens is 244 g/mol. The summed E-state index contributed by atoms with van der Waals surface area (Å²) in [4.78, 5) is 10.1. The van der Waals surface area contributed by atoms with Gasteiger partial charge in [-0.2, -0.15) is 0 Å². The van der Waals surface area contributed by atoms with E-state index in [1.807, 2.05) is 6.92 Å². The summed E-state index contributed by atoms with van der Waals surface area (Å²) < 4.78 is 5.01. The number of methoxy groups -OCH3 is 1. The number of benzene rings is 1. The molecule has 0 aliphatic heterocycles.